The van der Waals surface area contributed by atoms with Crippen molar-refractivity contribution in [1.29, 1.82) is 0 Å². The first-order valence-electron chi connectivity index (χ1n) is 5.95. The van der Waals surface area contributed by atoms with E-state index in [1.54, 1.807) is 0 Å². The Bertz CT molecular complexity index is 315. The molecule has 0 spiro atoms. The van der Waals surface area contributed by atoms with Crippen LogP contribution in [0.25, 0.3) is 0 Å². The summed E-state index contributed by atoms with van der Waals surface area (Å²) in [5, 5.41) is 2.69. The molecule has 0 radical (unpaired) electrons. The number of hydrogen-bond acceptors (Lipinski definition) is 3. The maximum absolute atomic E-state index is 11.3. The third kappa shape index (κ3) is 9.57. The van der Waals surface area contributed by atoms with E-state index >= 15 is 0 Å². The molecule has 0 atom stereocenters. The average Bonchev–Trinajstić information content (AvgIpc) is 2.22. The molecule has 1 amide bonds. The Kier molecular flexibility index (Phi) is 7.67. The lowest BCUT2D eigenvalue weighted by Crippen LogP contribution is -2.34. The summed E-state index contributed by atoms with van der Waals surface area (Å²) < 4.78 is 5.11. The Hall–Kier alpha value is -1.65. The molecule has 0 aliphatic heterocycles. The summed E-state index contributed by atoms with van der Waals surface area (Å²) in [5.74, 6) is 5.10. The maximum Gasteiger partial charge on any atom is 0.407 e. The number of alkyl carbamates (subject to hydrolysis) is 1. The minimum absolute atomic E-state index is 0.400. The van der Waals surface area contributed by atoms with Gasteiger partial charge in [0.2, 0.25) is 0 Å². The quantitative estimate of drug-likeness (QED) is 0.573. The molecular weight excluding hydrogens is 228 g/mol. The highest BCUT2D eigenvalue weighted by molar-refractivity contribution is 5.67. The first-order chi connectivity index (χ1) is 8.39. The van der Waals surface area contributed by atoms with Gasteiger partial charge in [-0.25, -0.2) is 4.79 Å². The number of nitrogens with zero attached hydrogens (tertiary/aromatic N) is 1. The number of terminal acetylenes is 2. The lowest BCUT2D eigenvalue weighted by atomic mass is 10.2. The van der Waals surface area contributed by atoms with Crippen LogP contribution in [0.3, 0.4) is 0 Å². The van der Waals surface area contributed by atoms with Crippen molar-refractivity contribution in [3.8, 4) is 24.7 Å². The molecule has 100 valence electrons. The van der Waals surface area contributed by atoms with Crippen molar-refractivity contribution in [1.82, 2.24) is 10.2 Å². The lowest BCUT2D eigenvalue weighted by molar-refractivity contribution is 0.0526. The number of amides is 1. The van der Waals surface area contributed by atoms with Crippen LogP contribution >= 0.6 is 0 Å². The summed E-state index contributed by atoms with van der Waals surface area (Å²) in [6, 6.07) is 0. The number of carbonyl (C=O) groups is 1. The van der Waals surface area contributed by atoms with Gasteiger partial charge < -0.3 is 10.1 Å². The van der Waals surface area contributed by atoms with Crippen molar-refractivity contribution >= 4 is 6.09 Å². The molecule has 4 nitrogen and oxygen atoms in total. The molecule has 0 saturated carbocycles. The van der Waals surface area contributed by atoms with Crippen LogP contribution in [0.2, 0.25) is 0 Å². The van der Waals surface area contributed by atoms with E-state index < -0.39 is 11.7 Å². The van der Waals surface area contributed by atoms with Gasteiger partial charge in [0.1, 0.15) is 5.60 Å². The molecule has 1 N–H and O–H groups in total. The molecule has 0 heterocycles. The van der Waals surface area contributed by atoms with Crippen LogP contribution in [0, 0.1) is 24.7 Å². The largest absolute Gasteiger partial charge is 0.444 e. The topological polar surface area (TPSA) is 41.6 Å². The summed E-state index contributed by atoms with van der Waals surface area (Å²) in [6.45, 7) is 7.83. The third-order valence-corrected chi connectivity index (χ3v) is 1.95. The Morgan fingerprint density at radius 1 is 1.28 bits per heavy atom. The molecule has 0 rings (SSSR count). The van der Waals surface area contributed by atoms with Gasteiger partial charge in [-0.3, -0.25) is 4.90 Å². The lowest BCUT2D eigenvalue weighted by Gasteiger charge is -2.20. The Labute approximate surface area is 110 Å². The van der Waals surface area contributed by atoms with Crippen LogP contribution in [-0.2, 0) is 4.74 Å². The second-order valence-corrected chi connectivity index (χ2v) is 4.90. The van der Waals surface area contributed by atoms with Gasteiger partial charge in [-0.1, -0.05) is 11.8 Å². The fourth-order valence-electron chi connectivity index (χ4n) is 1.28. The number of hydrogen-bond donors (Lipinski definition) is 1. The summed E-state index contributed by atoms with van der Waals surface area (Å²) in [4.78, 5) is 13.3. The van der Waals surface area contributed by atoms with Gasteiger partial charge in [-0.15, -0.1) is 12.8 Å². The summed E-state index contributed by atoms with van der Waals surface area (Å²) in [7, 11) is 0. The van der Waals surface area contributed by atoms with Crippen molar-refractivity contribution in [2.45, 2.75) is 32.8 Å². The van der Waals surface area contributed by atoms with Crippen molar-refractivity contribution in [2.24, 2.45) is 0 Å². The van der Waals surface area contributed by atoms with Crippen LogP contribution < -0.4 is 5.32 Å². The van der Waals surface area contributed by atoms with Crippen molar-refractivity contribution in [2.75, 3.05) is 26.2 Å². The number of rotatable bonds is 6. The normalized spacial score (nSPS) is 10.6. The van der Waals surface area contributed by atoms with Crippen molar-refractivity contribution < 1.29 is 9.53 Å². The van der Waals surface area contributed by atoms with E-state index in [0.29, 0.717) is 19.6 Å². The summed E-state index contributed by atoms with van der Waals surface area (Å²) in [5.41, 5.74) is -0.469. The second-order valence-electron chi connectivity index (χ2n) is 4.90. The first-order valence-corrected chi connectivity index (χ1v) is 5.95. The van der Waals surface area contributed by atoms with Crippen LogP contribution in [0.1, 0.15) is 27.2 Å². The standard InChI is InChI=1S/C14H22N2O2/c1-6-10-16(11-7-2)12-8-9-15-13(17)18-14(3,4)5/h1-2H,8-12H2,3-5H3,(H,15,17). The van der Waals surface area contributed by atoms with Crippen LogP contribution in [0.5, 0.6) is 0 Å². The molecule has 0 aromatic rings. The van der Waals surface area contributed by atoms with E-state index in [0.717, 1.165) is 13.0 Å². The first kappa shape index (κ1) is 16.4. The van der Waals surface area contributed by atoms with E-state index in [-0.39, 0.29) is 0 Å². The van der Waals surface area contributed by atoms with Crippen LogP contribution in [0.4, 0.5) is 4.79 Å². The molecule has 18 heavy (non-hydrogen) atoms. The van der Waals surface area contributed by atoms with Crippen molar-refractivity contribution in [3.05, 3.63) is 0 Å². The maximum atomic E-state index is 11.3. The molecule has 4 heteroatoms. The van der Waals surface area contributed by atoms with Gasteiger partial charge in [-0.2, -0.15) is 0 Å². The van der Waals surface area contributed by atoms with Crippen LogP contribution in [0.15, 0.2) is 0 Å². The van der Waals surface area contributed by atoms with Gasteiger partial charge in [-0.05, 0) is 27.2 Å². The smallest absolute Gasteiger partial charge is 0.407 e. The van der Waals surface area contributed by atoms with Gasteiger partial charge in [0, 0.05) is 13.1 Å². The SMILES string of the molecule is C#CCN(CC#C)CCCNC(=O)OC(C)(C)C. The summed E-state index contributed by atoms with van der Waals surface area (Å²) in [6.07, 6.45) is 10.8. The van der Waals surface area contributed by atoms with Gasteiger partial charge in [0.05, 0.1) is 13.1 Å². The number of carbonyl (C=O) groups excluding carboxylic acids is 1. The molecule has 0 aliphatic carbocycles. The Morgan fingerprint density at radius 2 is 1.83 bits per heavy atom. The molecular formula is C14H22N2O2. The second kappa shape index (κ2) is 8.44. The van der Waals surface area contributed by atoms with Gasteiger partial charge >= 0.3 is 6.09 Å². The van der Waals surface area contributed by atoms with E-state index in [4.69, 9.17) is 17.6 Å². The van der Waals surface area contributed by atoms with Gasteiger partial charge in [0.15, 0.2) is 0 Å². The predicted octanol–water partition coefficient (Wildman–Crippen LogP) is 1.47. The zero-order valence-corrected chi connectivity index (χ0v) is 11.5. The highest BCUT2D eigenvalue weighted by atomic mass is 16.6. The zero-order valence-electron chi connectivity index (χ0n) is 11.5. The third-order valence-electron chi connectivity index (χ3n) is 1.95. The van der Waals surface area contributed by atoms with Gasteiger partial charge in [0.25, 0.3) is 0 Å². The monoisotopic (exact) mass is 250 g/mol. The molecule has 0 bridgehead atoms. The van der Waals surface area contributed by atoms with Crippen LogP contribution in [-0.4, -0.2) is 42.8 Å². The minimum Gasteiger partial charge on any atom is -0.444 e. The van der Waals surface area contributed by atoms with E-state index in [1.807, 2.05) is 25.7 Å². The molecule has 0 unspecified atom stereocenters. The number of nitrogens with one attached hydrogen (secondary N) is 1. The molecule has 0 aromatic carbocycles. The molecule has 0 aromatic heterocycles. The fourth-order valence-corrected chi connectivity index (χ4v) is 1.28. The van der Waals surface area contributed by atoms with E-state index in [1.165, 1.54) is 0 Å². The average molecular weight is 250 g/mol. The fraction of sp³-hybridized carbons (Fsp3) is 0.643. The predicted molar refractivity (Wildman–Crippen MR) is 73.0 cm³/mol. The van der Waals surface area contributed by atoms with E-state index in [2.05, 4.69) is 17.2 Å². The Balaban J connectivity index is 3.75. The molecule has 0 aliphatic rings. The highest BCUT2D eigenvalue weighted by Gasteiger charge is 2.15. The highest BCUT2D eigenvalue weighted by Crippen LogP contribution is 2.06. The Morgan fingerprint density at radius 3 is 2.28 bits per heavy atom. The van der Waals surface area contributed by atoms with Crippen molar-refractivity contribution in [3.63, 3.8) is 0 Å². The zero-order chi connectivity index (χ0) is 14.0. The van der Waals surface area contributed by atoms with E-state index in [9.17, 15) is 4.79 Å². The molecule has 0 fully saturated rings. The summed E-state index contributed by atoms with van der Waals surface area (Å²) >= 11 is 0. The minimum atomic E-state index is -0.469. The molecule has 0 saturated heterocycles. The number of ether oxygens (including phenoxy) is 1.